The summed E-state index contributed by atoms with van der Waals surface area (Å²) in [6, 6.07) is 11.3. The van der Waals surface area contributed by atoms with E-state index >= 15 is 0 Å². The standard InChI is InChI=1S/C21H25N3O5S/c1-15-3-8-18(30-15)21(27)22-13-20(26)29-14-19(25)24-11-9-23(10-12-24)16-4-6-17(28-2)7-5-16/h3-8H,9-14H2,1-2H3,(H,22,27). The summed E-state index contributed by atoms with van der Waals surface area (Å²) < 4.78 is 10.2. The topological polar surface area (TPSA) is 88.2 Å². The van der Waals surface area contributed by atoms with Crippen molar-refractivity contribution in [1.82, 2.24) is 10.2 Å². The molecule has 1 N–H and O–H groups in total. The number of ether oxygens (including phenoxy) is 2. The van der Waals surface area contributed by atoms with Crippen molar-refractivity contribution in [2.45, 2.75) is 6.92 Å². The summed E-state index contributed by atoms with van der Waals surface area (Å²) in [5, 5.41) is 2.50. The summed E-state index contributed by atoms with van der Waals surface area (Å²) in [7, 11) is 1.63. The van der Waals surface area contributed by atoms with Crippen LogP contribution in [0.25, 0.3) is 0 Å². The monoisotopic (exact) mass is 431 g/mol. The number of rotatable bonds is 7. The fraction of sp³-hybridized carbons (Fsp3) is 0.381. The molecule has 1 fully saturated rings. The zero-order valence-electron chi connectivity index (χ0n) is 17.1. The predicted molar refractivity (Wildman–Crippen MR) is 114 cm³/mol. The Hall–Kier alpha value is -3.07. The van der Waals surface area contributed by atoms with Gasteiger partial charge in [0.1, 0.15) is 12.3 Å². The lowest BCUT2D eigenvalue weighted by Gasteiger charge is -2.36. The van der Waals surface area contributed by atoms with Crippen LogP contribution in [0.3, 0.4) is 0 Å². The summed E-state index contributed by atoms with van der Waals surface area (Å²) >= 11 is 1.35. The molecule has 1 aromatic heterocycles. The van der Waals surface area contributed by atoms with E-state index in [0.717, 1.165) is 16.3 Å². The number of piperazine rings is 1. The number of thiophene rings is 1. The molecule has 0 spiro atoms. The van der Waals surface area contributed by atoms with Crippen molar-refractivity contribution in [1.29, 1.82) is 0 Å². The van der Waals surface area contributed by atoms with Crippen LogP contribution in [0.15, 0.2) is 36.4 Å². The second kappa shape index (κ2) is 10.1. The van der Waals surface area contributed by atoms with Crippen molar-refractivity contribution in [2.75, 3.05) is 51.3 Å². The van der Waals surface area contributed by atoms with Crippen LogP contribution in [0.1, 0.15) is 14.5 Å². The van der Waals surface area contributed by atoms with Gasteiger partial charge in [0.2, 0.25) is 0 Å². The van der Waals surface area contributed by atoms with Crippen LogP contribution in [0.5, 0.6) is 5.75 Å². The van der Waals surface area contributed by atoms with Gasteiger partial charge in [0.15, 0.2) is 6.61 Å². The molecule has 0 aliphatic carbocycles. The maximum Gasteiger partial charge on any atom is 0.325 e. The Morgan fingerprint density at radius 3 is 2.33 bits per heavy atom. The van der Waals surface area contributed by atoms with Crippen molar-refractivity contribution < 1.29 is 23.9 Å². The van der Waals surface area contributed by atoms with Gasteiger partial charge in [-0.3, -0.25) is 14.4 Å². The summed E-state index contributed by atoms with van der Waals surface area (Å²) in [5.41, 5.74) is 1.08. The van der Waals surface area contributed by atoms with Gasteiger partial charge in [-0.2, -0.15) is 0 Å². The zero-order valence-corrected chi connectivity index (χ0v) is 17.9. The van der Waals surface area contributed by atoms with Crippen molar-refractivity contribution >= 4 is 34.8 Å². The van der Waals surface area contributed by atoms with Crippen LogP contribution in [-0.4, -0.2) is 69.1 Å². The quantitative estimate of drug-likeness (QED) is 0.672. The number of aryl methyl sites for hydroxylation is 1. The van der Waals surface area contributed by atoms with E-state index in [1.807, 2.05) is 37.3 Å². The number of anilines is 1. The fourth-order valence-electron chi connectivity index (χ4n) is 3.09. The van der Waals surface area contributed by atoms with Gasteiger partial charge in [0.05, 0.1) is 12.0 Å². The number of carbonyl (C=O) groups excluding carboxylic acids is 3. The minimum atomic E-state index is -0.637. The van der Waals surface area contributed by atoms with Gasteiger partial charge in [-0.15, -0.1) is 11.3 Å². The van der Waals surface area contributed by atoms with Gasteiger partial charge in [-0.1, -0.05) is 0 Å². The molecule has 1 saturated heterocycles. The van der Waals surface area contributed by atoms with Crippen molar-refractivity contribution in [3.8, 4) is 5.75 Å². The highest BCUT2D eigenvalue weighted by Gasteiger charge is 2.22. The first-order valence-corrected chi connectivity index (χ1v) is 10.4. The number of esters is 1. The summed E-state index contributed by atoms with van der Waals surface area (Å²) in [6.07, 6.45) is 0. The third-order valence-electron chi connectivity index (χ3n) is 4.78. The molecule has 30 heavy (non-hydrogen) atoms. The SMILES string of the molecule is COc1ccc(N2CCN(C(=O)COC(=O)CNC(=O)c3ccc(C)s3)CC2)cc1. The molecule has 0 radical (unpaired) electrons. The largest absolute Gasteiger partial charge is 0.497 e. The Balaban J connectivity index is 1.37. The highest BCUT2D eigenvalue weighted by Crippen LogP contribution is 2.20. The van der Waals surface area contributed by atoms with E-state index in [4.69, 9.17) is 9.47 Å². The predicted octanol–water partition coefficient (Wildman–Crippen LogP) is 1.69. The molecule has 2 heterocycles. The third kappa shape index (κ3) is 5.73. The van der Waals surface area contributed by atoms with Gasteiger partial charge < -0.3 is 24.6 Å². The van der Waals surface area contributed by atoms with Crippen LogP contribution in [-0.2, 0) is 14.3 Å². The van der Waals surface area contributed by atoms with Crippen LogP contribution < -0.4 is 15.0 Å². The van der Waals surface area contributed by atoms with E-state index < -0.39 is 5.97 Å². The molecule has 1 aliphatic rings. The summed E-state index contributed by atoms with van der Waals surface area (Å²) in [4.78, 5) is 41.5. The normalized spacial score (nSPS) is 13.7. The molecule has 0 atom stereocenters. The Morgan fingerprint density at radius 2 is 1.73 bits per heavy atom. The number of amides is 2. The van der Waals surface area contributed by atoms with Crippen LogP contribution >= 0.6 is 11.3 Å². The maximum absolute atomic E-state index is 12.3. The Kier molecular flexibility index (Phi) is 7.29. The number of benzene rings is 1. The first-order valence-electron chi connectivity index (χ1n) is 9.63. The average Bonchev–Trinajstić information content (AvgIpc) is 3.22. The molecule has 0 unspecified atom stereocenters. The molecule has 160 valence electrons. The van der Waals surface area contributed by atoms with Crippen molar-refractivity contribution in [2.24, 2.45) is 0 Å². The van der Waals surface area contributed by atoms with Crippen molar-refractivity contribution in [3.63, 3.8) is 0 Å². The highest BCUT2D eigenvalue weighted by molar-refractivity contribution is 7.13. The highest BCUT2D eigenvalue weighted by atomic mass is 32.1. The Bertz CT molecular complexity index is 888. The van der Waals surface area contributed by atoms with Crippen LogP contribution in [0.4, 0.5) is 5.69 Å². The lowest BCUT2D eigenvalue weighted by Crippen LogP contribution is -2.50. The molecule has 9 heteroatoms. The average molecular weight is 432 g/mol. The van der Waals surface area contributed by atoms with Gasteiger partial charge >= 0.3 is 5.97 Å². The van der Waals surface area contributed by atoms with E-state index in [1.54, 1.807) is 18.1 Å². The van der Waals surface area contributed by atoms with E-state index in [9.17, 15) is 14.4 Å². The number of nitrogens with one attached hydrogen (secondary N) is 1. The second-order valence-electron chi connectivity index (χ2n) is 6.82. The third-order valence-corrected chi connectivity index (χ3v) is 5.78. The second-order valence-corrected chi connectivity index (χ2v) is 8.11. The van der Waals surface area contributed by atoms with Gasteiger partial charge in [0, 0.05) is 36.7 Å². The van der Waals surface area contributed by atoms with Crippen LogP contribution in [0.2, 0.25) is 0 Å². The lowest BCUT2D eigenvalue weighted by molar-refractivity contribution is -0.151. The molecule has 3 rings (SSSR count). The van der Waals surface area contributed by atoms with E-state index in [2.05, 4.69) is 10.2 Å². The molecular weight excluding hydrogens is 406 g/mol. The van der Waals surface area contributed by atoms with Crippen molar-refractivity contribution in [3.05, 3.63) is 46.2 Å². The minimum Gasteiger partial charge on any atom is -0.497 e. The summed E-state index contributed by atoms with van der Waals surface area (Å²) in [6.45, 7) is 3.81. The van der Waals surface area contributed by atoms with Gasteiger partial charge in [0.25, 0.3) is 11.8 Å². The molecule has 0 saturated carbocycles. The molecule has 2 amide bonds. The molecule has 8 nitrogen and oxygen atoms in total. The first-order chi connectivity index (χ1) is 14.5. The van der Waals surface area contributed by atoms with E-state index in [-0.39, 0.29) is 25.0 Å². The number of hydrogen-bond acceptors (Lipinski definition) is 7. The Morgan fingerprint density at radius 1 is 1.03 bits per heavy atom. The summed E-state index contributed by atoms with van der Waals surface area (Å²) in [5.74, 6) is -0.401. The number of methoxy groups -OCH3 is 1. The maximum atomic E-state index is 12.3. The Labute approximate surface area is 179 Å². The molecule has 1 aliphatic heterocycles. The number of carbonyl (C=O) groups is 3. The van der Waals surface area contributed by atoms with E-state index in [0.29, 0.717) is 31.1 Å². The molecular formula is C21H25N3O5S. The van der Waals surface area contributed by atoms with Gasteiger partial charge in [-0.25, -0.2) is 0 Å². The van der Waals surface area contributed by atoms with Crippen LogP contribution in [0, 0.1) is 6.92 Å². The van der Waals surface area contributed by atoms with E-state index in [1.165, 1.54) is 11.3 Å². The molecule has 2 aromatic rings. The van der Waals surface area contributed by atoms with Gasteiger partial charge in [-0.05, 0) is 43.3 Å². The minimum absolute atomic E-state index is 0.238. The molecule has 0 bridgehead atoms. The number of hydrogen-bond donors (Lipinski definition) is 1. The molecule has 1 aromatic carbocycles. The fourth-order valence-corrected chi connectivity index (χ4v) is 3.87. The smallest absolute Gasteiger partial charge is 0.325 e. The lowest BCUT2D eigenvalue weighted by atomic mass is 10.2. The zero-order chi connectivity index (χ0) is 21.5. The first kappa shape index (κ1) is 21.6. The number of nitrogens with zero attached hydrogens (tertiary/aromatic N) is 2.